The summed E-state index contributed by atoms with van der Waals surface area (Å²) in [6.07, 6.45) is 0. The van der Waals surface area contributed by atoms with Crippen LogP contribution in [-0.4, -0.2) is 59.3 Å². The van der Waals surface area contributed by atoms with Crippen LogP contribution in [0.15, 0.2) is 0 Å². The van der Waals surface area contributed by atoms with Gasteiger partial charge in [-0.25, -0.2) is 4.79 Å². The fourth-order valence-electron chi connectivity index (χ4n) is 1.22. The lowest BCUT2D eigenvalue weighted by Crippen LogP contribution is -2.43. The van der Waals surface area contributed by atoms with Crippen LogP contribution in [0.2, 0.25) is 0 Å². The highest BCUT2D eigenvalue weighted by molar-refractivity contribution is 7.99. The summed E-state index contributed by atoms with van der Waals surface area (Å²) in [4.78, 5) is 23.6. The summed E-state index contributed by atoms with van der Waals surface area (Å²) in [6, 6.07) is -0.719. The molecular formula is C8H14N2O4S. The highest BCUT2D eigenvalue weighted by Gasteiger charge is 2.34. The van der Waals surface area contributed by atoms with E-state index in [2.05, 4.69) is 0 Å². The van der Waals surface area contributed by atoms with Crippen molar-refractivity contribution >= 4 is 23.6 Å². The quantitative estimate of drug-likeness (QED) is 0.589. The zero-order chi connectivity index (χ0) is 11.3. The molecule has 0 aliphatic carbocycles. The van der Waals surface area contributed by atoms with Crippen LogP contribution < -0.4 is 5.73 Å². The van der Waals surface area contributed by atoms with E-state index in [1.807, 2.05) is 0 Å². The molecule has 0 aromatic carbocycles. The molecule has 0 saturated carbocycles. The zero-order valence-corrected chi connectivity index (χ0v) is 9.03. The minimum atomic E-state index is -0.966. The van der Waals surface area contributed by atoms with Crippen molar-refractivity contribution in [1.29, 1.82) is 0 Å². The smallest absolute Gasteiger partial charge is 0.327 e. The number of carbonyl (C=O) groups excluding carboxylic acids is 1. The van der Waals surface area contributed by atoms with Gasteiger partial charge in [0, 0.05) is 12.3 Å². The van der Waals surface area contributed by atoms with E-state index in [0.29, 0.717) is 24.8 Å². The molecule has 86 valence electrons. The Morgan fingerprint density at radius 3 is 2.93 bits per heavy atom. The maximum atomic E-state index is 11.5. The van der Waals surface area contributed by atoms with Crippen molar-refractivity contribution in [2.45, 2.75) is 6.04 Å². The molecule has 7 heteroatoms. The Hall–Kier alpha value is -0.790. The molecule has 0 aromatic heterocycles. The first-order chi connectivity index (χ1) is 7.16. The number of aliphatic carboxylic acids is 1. The van der Waals surface area contributed by atoms with Crippen molar-refractivity contribution in [3.8, 4) is 0 Å². The fraction of sp³-hybridized carbons (Fsp3) is 0.750. The molecule has 6 nitrogen and oxygen atoms in total. The minimum Gasteiger partial charge on any atom is -0.480 e. The second kappa shape index (κ2) is 5.94. The van der Waals surface area contributed by atoms with Gasteiger partial charge in [0.05, 0.1) is 12.5 Å². The molecule has 1 atom stereocenters. The molecule has 0 radical (unpaired) electrons. The van der Waals surface area contributed by atoms with E-state index in [4.69, 9.17) is 15.6 Å². The Kier molecular flexibility index (Phi) is 4.86. The maximum absolute atomic E-state index is 11.5. The number of amides is 1. The van der Waals surface area contributed by atoms with Gasteiger partial charge in [0.2, 0.25) is 5.91 Å². The van der Waals surface area contributed by atoms with Gasteiger partial charge < -0.3 is 20.5 Å². The van der Waals surface area contributed by atoms with Crippen LogP contribution in [0.1, 0.15) is 0 Å². The van der Waals surface area contributed by atoms with Gasteiger partial charge >= 0.3 is 5.97 Å². The second-order valence-electron chi connectivity index (χ2n) is 3.06. The van der Waals surface area contributed by atoms with Gasteiger partial charge in [-0.2, -0.15) is 0 Å². The SMILES string of the molecule is NCCOCC(=O)N1CSC[C@H]1C(=O)O. The number of thioether (sulfide) groups is 1. The van der Waals surface area contributed by atoms with Crippen LogP contribution in [0.4, 0.5) is 0 Å². The Labute approximate surface area is 91.7 Å². The summed E-state index contributed by atoms with van der Waals surface area (Å²) in [6.45, 7) is 0.566. The highest BCUT2D eigenvalue weighted by Crippen LogP contribution is 2.20. The summed E-state index contributed by atoms with van der Waals surface area (Å²) in [7, 11) is 0. The molecule has 1 aliphatic heterocycles. The van der Waals surface area contributed by atoms with Gasteiger partial charge in [0.25, 0.3) is 0 Å². The van der Waals surface area contributed by atoms with E-state index in [0.717, 1.165) is 0 Å². The van der Waals surface area contributed by atoms with E-state index in [-0.39, 0.29) is 12.5 Å². The first-order valence-corrected chi connectivity index (χ1v) is 5.70. The summed E-state index contributed by atoms with van der Waals surface area (Å²) in [5.74, 6) is -0.396. The van der Waals surface area contributed by atoms with E-state index >= 15 is 0 Å². The van der Waals surface area contributed by atoms with Crippen molar-refractivity contribution in [2.24, 2.45) is 5.73 Å². The predicted octanol–water partition coefficient (Wildman–Crippen LogP) is -1.05. The summed E-state index contributed by atoms with van der Waals surface area (Å²) in [5.41, 5.74) is 5.20. The molecule has 1 saturated heterocycles. The van der Waals surface area contributed by atoms with E-state index in [1.165, 1.54) is 16.7 Å². The predicted molar refractivity (Wildman–Crippen MR) is 55.5 cm³/mol. The topological polar surface area (TPSA) is 92.9 Å². The van der Waals surface area contributed by atoms with Crippen molar-refractivity contribution in [1.82, 2.24) is 4.90 Å². The van der Waals surface area contributed by atoms with Gasteiger partial charge in [0.15, 0.2) is 0 Å². The molecule has 0 unspecified atom stereocenters. The average molecular weight is 234 g/mol. The van der Waals surface area contributed by atoms with Gasteiger partial charge in [-0.3, -0.25) is 4.79 Å². The first-order valence-electron chi connectivity index (χ1n) is 4.54. The first kappa shape index (κ1) is 12.3. The van der Waals surface area contributed by atoms with Crippen molar-refractivity contribution in [2.75, 3.05) is 31.4 Å². The normalized spacial score (nSPS) is 20.6. The lowest BCUT2D eigenvalue weighted by molar-refractivity contribution is -0.149. The van der Waals surface area contributed by atoms with E-state index in [9.17, 15) is 9.59 Å². The molecule has 1 amide bonds. The van der Waals surface area contributed by atoms with Gasteiger partial charge in [-0.05, 0) is 0 Å². The number of rotatable bonds is 5. The van der Waals surface area contributed by atoms with Crippen molar-refractivity contribution < 1.29 is 19.4 Å². The summed E-state index contributed by atoms with van der Waals surface area (Å²) >= 11 is 1.43. The summed E-state index contributed by atoms with van der Waals surface area (Å²) in [5, 5.41) is 8.84. The molecular weight excluding hydrogens is 220 g/mol. The molecule has 15 heavy (non-hydrogen) atoms. The lowest BCUT2D eigenvalue weighted by Gasteiger charge is -2.20. The molecule has 1 heterocycles. The number of carboxylic acid groups (broad SMARTS) is 1. The molecule has 1 rings (SSSR count). The molecule has 3 N–H and O–H groups in total. The van der Waals surface area contributed by atoms with E-state index in [1.54, 1.807) is 0 Å². The number of ether oxygens (including phenoxy) is 1. The Bertz CT molecular complexity index is 249. The van der Waals surface area contributed by atoms with Crippen LogP contribution in [0, 0.1) is 0 Å². The molecule has 0 spiro atoms. The van der Waals surface area contributed by atoms with Crippen LogP contribution in [0.3, 0.4) is 0 Å². The third-order valence-corrected chi connectivity index (χ3v) is 2.99. The van der Waals surface area contributed by atoms with Gasteiger partial charge in [0.1, 0.15) is 12.6 Å². The second-order valence-corrected chi connectivity index (χ2v) is 4.06. The van der Waals surface area contributed by atoms with Crippen LogP contribution in [0.5, 0.6) is 0 Å². The molecule has 0 bridgehead atoms. The zero-order valence-electron chi connectivity index (χ0n) is 8.22. The van der Waals surface area contributed by atoms with Crippen molar-refractivity contribution in [3.63, 3.8) is 0 Å². The van der Waals surface area contributed by atoms with E-state index < -0.39 is 12.0 Å². The third kappa shape index (κ3) is 3.37. The maximum Gasteiger partial charge on any atom is 0.327 e. The Morgan fingerprint density at radius 1 is 1.60 bits per heavy atom. The molecule has 1 fully saturated rings. The number of hydrogen-bond acceptors (Lipinski definition) is 5. The number of hydrogen-bond donors (Lipinski definition) is 2. The lowest BCUT2D eigenvalue weighted by atomic mass is 10.3. The fourth-order valence-corrected chi connectivity index (χ4v) is 2.39. The van der Waals surface area contributed by atoms with Gasteiger partial charge in [-0.1, -0.05) is 0 Å². The number of carbonyl (C=O) groups is 2. The largest absolute Gasteiger partial charge is 0.480 e. The third-order valence-electron chi connectivity index (χ3n) is 1.98. The van der Waals surface area contributed by atoms with Crippen LogP contribution in [0.25, 0.3) is 0 Å². The summed E-state index contributed by atoms with van der Waals surface area (Å²) < 4.78 is 4.97. The molecule has 1 aliphatic rings. The molecule has 0 aromatic rings. The van der Waals surface area contributed by atoms with Crippen LogP contribution >= 0.6 is 11.8 Å². The monoisotopic (exact) mass is 234 g/mol. The van der Waals surface area contributed by atoms with Crippen molar-refractivity contribution in [3.05, 3.63) is 0 Å². The Morgan fingerprint density at radius 2 is 2.33 bits per heavy atom. The standard InChI is InChI=1S/C8H14N2O4S/c9-1-2-14-3-7(11)10-5-15-4-6(10)8(12)13/h6H,1-5,9H2,(H,12,13)/t6-/m0/s1. The minimum absolute atomic E-state index is 0.0957. The highest BCUT2D eigenvalue weighted by atomic mass is 32.2. The number of nitrogens with zero attached hydrogens (tertiary/aromatic N) is 1. The number of nitrogens with two attached hydrogens (primary N) is 1. The van der Waals surface area contributed by atoms with Crippen LogP contribution in [-0.2, 0) is 14.3 Å². The Balaban J connectivity index is 2.40. The number of carboxylic acids is 1. The average Bonchev–Trinajstić information content (AvgIpc) is 2.66. The van der Waals surface area contributed by atoms with Gasteiger partial charge in [-0.15, -0.1) is 11.8 Å².